The lowest BCUT2D eigenvalue weighted by Crippen LogP contribution is -1.91. The summed E-state index contributed by atoms with van der Waals surface area (Å²) in [5.41, 5.74) is 2.54. The molecule has 0 saturated carbocycles. The summed E-state index contributed by atoms with van der Waals surface area (Å²) in [5.74, 6) is 0. The van der Waals surface area contributed by atoms with Gasteiger partial charge in [-0.25, -0.2) is 0 Å². The summed E-state index contributed by atoms with van der Waals surface area (Å²) in [6.45, 7) is 0. The highest BCUT2D eigenvalue weighted by molar-refractivity contribution is 6.23. The lowest BCUT2D eigenvalue weighted by atomic mass is 9.85. The molecule has 0 aliphatic heterocycles. The fraction of sp³-hybridized carbons (Fsp3) is 0. The highest BCUT2D eigenvalue weighted by atomic mass is 16.3. The molecule has 0 unspecified atom stereocenters. The number of benzene rings is 8. The Morgan fingerprint density at radius 1 is 0.478 bits per heavy atom. The van der Waals surface area contributed by atoms with Crippen molar-refractivity contribution < 1.29 is 29.4 Å². The lowest BCUT2D eigenvalue weighted by Gasteiger charge is -2.18. The highest BCUT2D eigenvalue weighted by Gasteiger charge is 2.20. The molecule has 2 aromatic heterocycles. The van der Waals surface area contributed by atoms with Crippen molar-refractivity contribution in [2.24, 2.45) is 0 Å². The molecule has 2 heterocycles. The zero-order valence-electron chi connectivity index (χ0n) is 38.7. The molecule has 0 spiro atoms. The molecule has 2 nitrogen and oxygen atoms in total. The second-order valence-corrected chi connectivity index (χ2v) is 10.9. The van der Waals surface area contributed by atoms with Gasteiger partial charge in [0.25, 0.3) is 0 Å². The fourth-order valence-electron chi connectivity index (χ4n) is 6.42. The predicted octanol–water partition coefficient (Wildman–Crippen LogP) is 12.8. The van der Waals surface area contributed by atoms with Gasteiger partial charge in [0, 0.05) is 16.3 Å². The summed E-state index contributed by atoms with van der Waals surface area (Å²) in [5, 5.41) is 0.215. The molecule has 0 fully saturated rings. The van der Waals surface area contributed by atoms with Crippen molar-refractivity contribution >= 4 is 65.2 Å². The molecule has 0 radical (unpaired) electrons. The summed E-state index contributed by atoms with van der Waals surface area (Å²) in [7, 11) is 0. The van der Waals surface area contributed by atoms with Crippen molar-refractivity contribution in [1.29, 1.82) is 0 Å². The Bertz CT molecular complexity index is 3570. The smallest absolute Gasteiger partial charge is 0.146 e. The molecule has 10 aromatic rings. The lowest BCUT2D eigenvalue weighted by molar-refractivity contribution is 0.619. The van der Waals surface area contributed by atoms with Crippen molar-refractivity contribution in [2.45, 2.75) is 0 Å². The van der Waals surface area contributed by atoms with Crippen LogP contribution >= 0.6 is 0 Å². The van der Waals surface area contributed by atoms with Gasteiger partial charge in [-0.2, -0.15) is 0 Å². The van der Waals surface area contributed by atoms with E-state index in [4.69, 9.17) is 21.2 Å². The molecule has 0 amide bonds. The zero-order chi connectivity index (χ0) is 43.2. The number of furan rings is 2. The Hall–Kier alpha value is -6.12. The molecular formula is C44H26O2. The van der Waals surface area contributed by atoms with E-state index in [1.165, 1.54) is 0 Å². The Kier molecular flexibility index (Phi) is 3.11. The minimum absolute atomic E-state index is 0.0171. The molecule has 0 atom stereocenters. The average molecular weight is 602 g/mol. The van der Waals surface area contributed by atoms with Gasteiger partial charge in [0.15, 0.2) is 0 Å². The molecular weight excluding hydrogens is 560 g/mol. The van der Waals surface area contributed by atoms with Gasteiger partial charge in [0.1, 0.15) is 16.7 Å². The molecule has 0 N–H and O–H groups in total. The van der Waals surface area contributed by atoms with Crippen LogP contribution in [0.15, 0.2) is 166 Å². The van der Waals surface area contributed by atoms with E-state index in [0.717, 1.165) is 16.5 Å². The van der Waals surface area contributed by atoms with Gasteiger partial charge in [-0.05, 0) is 90.4 Å². The highest BCUT2D eigenvalue weighted by Crippen LogP contribution is 2.46. The molecule has 0 saturated heterocycles. The van der Waals surface area contributed by atoms with Crippen molar-refractivity contribution in [1.82, 2.24) is 0 Å². The number of hydrogen-bond acceptors (Lipinski definition) is 2. The van der Waals surface area contributed by atoms with E-state index in [2.05, 4.69) is 0 Å². The van der Waals surface area contributed by atoms with Gasteiger partial charge in [-0.15, -0.1) is 0 Å². The van der Waals surface area contributed by atoms with Gasteiger partial charge in [0.2, 0.25) is 0 Å². The van der Waals surface area contributed by atoms with E-state index in [0.29, 0.717) is 27.5 Å². The third-order valence-electron chi connectivity index (χ3n) is 8.42. The summed E-state index contributed by atoms with van der Waals surface area (Å²) in [6.07, 6.45) is 1.67. The van der Waals surface area contributed by atoms with E-state index in [-0.39, 0.29) is 38.2 Å². The van der Waals surface area contributed by atoms with Crippen LogP contribution in [-0.2, 0) is 0 Å². The molecule has 0 bridgehead atoms. The quantitative estimate of drug-likeness (QED) is 0.188. The minimum atomic E-state index is -0.749. The maximum atomic E-state index is 9.42. The summed E-state index contributed by atoms with van der Waals surface area (Å²) in [4.78, 5) is 0. The van der Waals surface area contributed by atoms with Gasteiger partial charge in [-0.1, -0.05) is 121 Å². The van der Waals surface area contributed by atoms with Crippen LogP contribution in [0.25, 0.3) is 98.6 Å². The second-order valence-electron chi connectivity index (χ2n) is 10.9. The van der Waals surface area contributed by atoms with Gasteiger partial charge < -0.3 is 8.83 Å². The molecule has 0 aliphatic rings. The van der Waals surface area contributed by atoms with E-state index >= 15 is 0 Å². The van der Waals surface area contributed by atoms with Crippen LogP contribution in [0.1, 0.15) is 20.6 Å². The van der Waals surface area contributed by atoms with Crippen LogP contribution in [-0.4, -0.2) is 0 Å². The topological polar surface area (TPSA) is 26.3 Å². The van der Waals surface area contributed by atoms with Crippen molar-refractivity contribution in [3.05, 3.63) is 158 Å². The Morgan fingerprint density at radius 2 is 1.13 bits per heavy atom. The molecule has 46 heavy (non-hydrogen) atoms. The number of hydrogen-bond donors (Lipinski definition) is 0. The monoisotopic (exact) mass is 601 g/mol. The van der Waals surface area contributed by atoms with Crippen molar-refractivity contribution in [2.75, 3.05) is 0 Å². The van der Waals surface area contributed by atoms with Crippen molar-refractivity contribution in [3.8, 4) is 33.4 Å². The van der Waals surface area contributed by atoms with Gasteiger partial charge in [0.05, 0.1) is 32.2 Å². The standard InChI is InChI=1S/C44H26O2/c1-2-11-28(12-3-1)38-26-45-44-36(38)22-23-39-43(44)37-21-20-31(25-40(37)46-39)42-34-16-8-6-14-32(34)41(33-15-7-9-17-35(33)42)30-19-18-27-10-4-5-13-29(27)24-30/h1-26H/i4D,5D,6D,7D,8D,9D,10D,13D,14D,15D,16D,17D,18D,19D,24D. The van der Waals surface area contributed by atoms with Gasteiger partial charge >= 0.3 is 0 Å². The maximum absolute atomic E-state index is 9.42. The van der Waals surface area contributed by atoms with E-state index in [9.17, 15) is 8.22 Å². The SMILES string of the molecule is [2H]c1c([2H])c([2H])c2c([2H])c(-c3c4c([2H])c([2H])c([2H])c([2H])c4c(-c4ccc5c(c4)oc4ccc6c(-c7ccccc7)coc6c45)c4c([2H])c([2H])c([2H])c([2H])c34)c([2H])c([2H])c2c1[2H]. The normalized spacial score (nSPS) is 16.5. The first-order valence-corrected chi connectivity index (χ1v) is 14.4. The summed E-state index contributed by atoms with van der Waals surface area (Å²) >= 11 is 0. The first kappa shape index (κ1) is 14.8. The average Bonchev–Trinajstić information content (AvgIpc) is 3.87. The number of fused-ring (bicyclic) bond motifs is 8. The number of rotatable bonds is 3. The van der Waals surface area contributed by atoms with Crippen LogP contribution < -0.4 is 0 Å². The van der Waals surface area contributed by atoms with Crippen LogP contribution in [0.4, 0.5) is 0 Å². The first-order chi connectivity index (χ1) is 29.1. The zero-order valence-corrected chi connectivity index (χ0v) is 23.7. The summed E-state index contributed by atoms with van der Waals surface area (Å²) in [6, 6.07) is 8.21. The van der Waals surface area contributed by atoms with Crippen molar-refractivity contribution in [3.63, 3.8) is 0 Å². The molecule has 8 aromatic carbocycles. The molecule has 10 rings (SSSR count). The Morgan fingerprint density at radius 3 is 1.87 bits per heavy atom. The Balaban J connectivity index is 1.38. The maximum Gasteiger partial charge on any atom is 0.146 e. The second kappa shape index (κ2) is 9.69. The Labute approximate surface area is 285 Å². The van der Waals surface area contributed by atoms with Crippen LogP contribution in [0.5, 0.6) is 0 Å². The molecule has 2 heteroatoms. The van der Waals surface area contributed by atoms with Crippen LogP contribution in [0.2, 0.25) is 0 Å². The largest absolute Gasteiger partial charge is 0.463 e. The van der Waals surface area contributed by atoms with Crippen LogP contribution in [0, 0.1) is 0 Å². The van der Waals surface area contributed by atoms with E-state index < -0.39 is 107 Å². The molecule has 214 valence electrons. The van der Waals surface area contributed by atoms with Gasteiger partial charge in [-0.3, -0.25) is 0 Å². The molecule has 0 aliphatic carbocycles. The minimum Gasteiger partial charge on any atom is -0.463 e. The first-order valence-electron chi connectivity index (χ1n) is 21.9. The third kappa shape index (κ3) is 3.65. The fourth-order valence-corrected chi connectivity index (χ4v) is 6.42. The van der Waals surface area contributed by atoms with E-state index in [1.54, 1.807) is 24.5 Å². The van der Waals surface area contributed by atoms with E-state index in [1.807, 2.05) is 42.5 Å². The third-order valence-corrected chi connectivity index (χ3v) is 8.42. The summed E-state index contributed by atoms with van der Waals surface area (Å²) < 4.78 is 146. The predicted molar refractivity (Wildman–Crippen MR) is 192 cm³/mol. The van der Waals surface area contributed by atoms with Crippen LogP contribution in [0.3, 0.4) is 0 Å².